The van der Waals surface area contributed by atoms with Gasteiger partial charge in [0.2, 0.25) is 0 Å². The van der Waals surface area contributed by atoms with Gasteiger partial charge in [0.05, 0.1) is 23.6 Å². The first-order valence-corrected chi connectivity index (χ1v) is 49.9. The number of phenols is 3. The summed E-state index contributed by atoms with van der Waals surface area (Å²) < 4.78 is 16.7. The van der Waals surface area contributed by atoms with E-state index in [2.05, 4.69) is 257 Å². The molecular weight excluding hydrogens is 2400 g/mol. The van der Waals surface area contributed by atoms with E-state index in [0.29, 0.717) is 22.4 Å². The Morgan fingerprint density at radius 2 is 0.589 bits per heavy atom. The van der Waals surface area contributed by atoms with Crippen LogP contribution in [-0.4, -0.2) is 48.9 Å². The number of halogens is 1. The zero-order valence-corrected chi connectivity index (χ0v) is 91.3. The summed E-state index contributed by atoms with van der Waals surface area (Å²) in [5, 5.41) is 34.4. The van der Waals surface area contributed by atoms with E-state index >= 15 is 0 Å². The molecule has 0 aliphatic rings. The zero-order valence-electron chi connectivity index (χ0n) is 82.1. The Morgan fingerprint density at radius 1 is 0.301 bits per heavy atom. The molecule has 17 heteroatoms. The fourth-order valence-corrected chi connectivity index (χ4v) is 20.5. The number of rotatable bonds is 18. The van der Waals surface area contributed by atoms with Crippen LogP contribution in [0, 0.1) is 44.4 Å². The van der Waals surface area contributed by atoms with Gasteiger partial charge in [0.15, 0.2) is 5.69 Å². The van der Waals surface area contributed by atoms with Crippen molar-refractivity contribution in [3.05, 3.63) is 456 Å². The molecule has 0 spiro atoms. The summed E-state index contributed by atoms with van der Waals surface area (Å²) in [5.74, 6) is 0.364. The number of phenolic OH excluding ortho intramolecular Hbond substituents is 3. The van der Waals surface area contributed by atoms with Gasteiger partial charge in [0.25, 0.3) is 0 Å². The number of fused-ring (bicyclic) bond motifs is 3. The number of aryl methyl sites for hydroxylation is 2. The van der Waals surface area contributed by atoms with Gasteiger partial charge in [-0.15, -0.1) is 142 Å². The summed E-state index contributed by atoms with van der Waals surface area (Å²) in [6.45, 7) is 30.9. The third kappa shape index (κ3) is 23.8. The molecule has 18 aromatic carbocycles. The molecule has 0 radical (unpaired) electrons. The van der Waals surface area contributed by atoms with Crippen LogP contribution in [0.25, 0.3) is 167 Å². The number of nitrogens with zero attached hydrogens (tertiary/aromatic N) is 7. The van der Waals surface area contributed by atoms with E-state index in [1.807, 2.05) is 176 Å². The first-order chi connectivity index (χ1) is 69.1. The van der Waals surface area contributed by atoms with Crippen molar-refractivity contribution in [3.63, 3.8) is 0 Å². The van der Waals surface area contributed by atoms with Crippen LogP contribution in [0.15, 0.2) is 391 Å². The number of aromatic nitrogens is 3. The summed E-state index contributed by atoms with van der Waals surface area (Å²) in [6.07, 6.45) is 5.22. The van der Waals surface area contributed by atoms with E-state index in [0.717, 1.165) is 185 Å². The molecule has 728 valence electrons. The minimum Gasteiger partial charge on any atom is -0.507 e. The SMILES string of the molecule is CC(C)(C)c1ccc(O)c(C=Nc2ccccc2-c2nc3c(-c4[c-]cccc4)cc(-c4ccc(-c5ccc(F)cc5)cc4)cc3s2)c1.Cc1ccc(C)c(-c2ccc(-c3cc(-c4[c-]cccc4)c4nc(-c5ccccc5N=Cc5cc(C(C)(C)C)ccc5O)sc4c3)cc2)c1.[C-]#[N+]c1ccc(-c2ccc(-c3cc(-c4[c-]cccc4)c4nc(-c5ccccc5N=Cc5cc(C(C)(C)C)ccc5O)sc4c3)cc2)cc1.[Pt].[Pt].[Pt]. The second-order valence-corrected chi connectivity index (χ2v) is 41.7. The molecule has 0 atom stereocenters. The van der Waals surface area contributed by atoms with Gasteiger partial charge in [-0.3, -0.25) is 15.0 Å². The first-order valence-electron chi connectivity index (χ1n) is 47.4. The van der Waals surface area contributed by atoms with Crippen molar-refractivity contribution in [1.82, 2.24) is 15.0 Å². The molecule has 0 saturated carbocycles. The summed E-state index contributed by atoms with van der Waals surface area (Å²) in [7, 11) is 0. The Morgan fingerprint density at radius 3 is 0.890 bits per heavy atom. The summed E-state index contributed by atoms with van der Waals surface area (Å²) in [6, 6.07) is 135. The zero-order chi connectivity index (χ0) is 99.2. The molecule has 0 unspecified atom stereocenters. The molecule has 10 nitrogen and oxygen atoms in total. The largest absolute Gasteiger partial charge is 0.507 e. The molecule has 0 amide bonds. The van der Waals surface area contributed by atoms with Crippen LogP contribution < -0.4 is 0 Å². The van der Waals surface area contributed by atoms with Crippen molar-refractivity contribution >= 4 is 106 Å². The predicted molar refractivity (Wildman–Crippen MR) is 598 cm³/mol. The van der Waals surface area contributed by atoms with Crippen LogP contribution in [0.4, 0.5) is 27.1 Å². The van der Waals surface area contributed by atoms with Gasteiger partial charge in [-0.2, -0.15) is 0 Å². The van der Waals surface area contributed by atoms with E-state index in [4.69, 9.17) is 36.5 Å². The number of benzene rings is 18. The number of para-hydroxylation sites is 3. The van der Waals surface area contributed by atoms with Crippen LogP contribution in [0.2, 0.25) is 0 Å². The van der Waals surface area contributed by atoms with Gasteiger partial charge in [0.1, 0.15) is 38.1 Å². The molecule has 3 heterocycles. The van der Waals surface area contributed by atoms with Gasteiger partial charge in [-0.1, -0.05) is 285 Å². The molecule has 0 saturated heterocycles. The average molecular weight is 2500 g/mol. The quantitative estimate of drug-likeness (QED) is 0.0577. The Bertz CT molecular complexity index is 8430. The number of thiazole rings is 3. The molecule has 0 bridgehead atoms. The molecule has 146 heavy (non-hydrogen) atoms. The van der Waals surface area contributed by atoms with Gasteiger partial charge >= 0.3 is 0 Å². The van der Waals surface area contributed by atoms with Crippen LogP contribution in [0.1, 0.15) is 107 Å². The minimum atomic E-state index is -0.243. The minimum absolute atomic E-state index is 0. The maximum atomic E-state index is 13.5. The van der Waals surface area contributed by atoms with E-state index in [1.165, 1.54) is 34.4 Å². The Kier molecular flexibility index (Phi) is 32.5. The fraction of sp³-hybridized carbons (Fsp3) is 0.109. The van der Waals surface area contributed by atoms with E-state index in [9.17, 15) is 19.7 Å². The van der Waals surface area contributed by atoms with Crippen molar-refractivity contribution in [1.29, 1.82) is 0 Å². The predicted octanol–water partition coefficient (Wildman–Crippen LogP) is 35.9. The monoisotopic (exact) mass is 2500 g/mol. The number of aliphatic imine (C=N–C) groups is 3. The van der Waals surface area contributed by atoms with Crippen LogP contribution in [0.3, 0.4) is 0 Å². The Balaban J connectivity index is 0.000000155. The van der Waals surface area contributed by atoms with E-state index in [1.54, 1.807) is 83.0 Å². The Hall–Kier alpha value is -14.5. The third-order valence-electron chi connectivity index (χ3n) is 25.5. The van der Waals surface area contributed by atoms with Crippen molar-refractivity contribution in [2.75, 3.05) is 0 Å². The first kappa shape index (κ1) is 104. The molecule has 3 aromatic heterocycles. The molecule has 21 rings (SSSR count). The van der Waals surface area contributed by atoms with Crippen molar-refractivity contribution < 1.29 is 82.9 Å². The second kappa shape index (κ2) is 45.4. The molecule has 0 aliphatic carbocycles. The normalized spacial score (nSPS) is 11.5. The van der Waals surface area contributed by atoms with Gasteiger partial charge in [-0.05, 0) is 222 Å². The molecule has 0 fully saturated rings. The maximum Gasteiger partial charge on any atom is 0.187 e. The Labute approximate surface area is 908 Å². The molecule has 3 N–H and O–H groups in total. The smallest absolute Gasteiger partial charge is 0.187 e. The van der Waals surface area contributed by atoms with Gasteiger partial charge < -0.3 is 15.3 Å². The topological polar surface area (TPSA) is 141 Å². The third-order valence-corrected chi connectivity index (χ3v) is 28.6. The van der Waals surface area contributed by atoms with E-state index < -0.39 is 0 Å². The molecular formula is C129H101FN7O3Pt3S3-3. The van der Waals surface area contributed by atoms with Crippen LogP contribution in [-0.2, 0) is 79.4 Å². The van der Waals surface area contributed by atoms with Gasteiger partial charge in [-0.25, -0.2) is 24.2 Å². The van der Waals surface area contributed by atoms with Crippen molar-refractivity contribution in [2.24, 2.45) is 15.0 Å². The summed E-state index contributed by atoms with van der Waals surface area (Å²) in [4.78, 5) is 33.7. The summed E-state index contributed by atoms with van der Waals surface area (Å²) in [5.41, 5.74) is 35.8. The second-order valence-electron chi connectivity index (χ2n) is 38.6. The summed E-state index contributed by atoms with van der Waals surface area (Å²) >= 11 is 4.94. The number of hydrogen-bond donors (Lipinski definition) is 3. The van der Waals surface area contributed by atoms with Gasteiger partial charge in [0, 0.05) is 146 Å². The number of hydrogen-bond acceptors (Lipinski definition) is 12. The molecule has 0 aliphatic heterocycles. The van der Waals surface area contributed by atoms with Crippen LogP contribution in [0.5, 0.6) is 17.2 Å². The fourth-order valence-electron chi connectivity index (χ4n) is 17.3. The van der Waals surface area contributed by atoms with E-state index in [-0.39, 0.29) is 103 Å². The van der Waals surface area contributed by atoms with Crippen LogP contribution >= 0.6 is 34.0 Å². The maximum absolute atomic E-state index is 13.5. The average Bonchev–Trinajstić information content (AvgIpc) is 1.62. The molecule has 21 aromatic rings. The van der Waals surface area contributed by atoms with Crippen molar-refractivity contribution in [2.45, 2.75) is 92.4 Å². The standard InChI is InChI=1S/C44H37N2OS.C43H32N3OS.C42H32FN2OS.3Pt/c1-28-15-16-29(2)37(23-28)32-19-17-30(18-20-32)33-25-38(31-11-7-6-8-12-31)42-41(26-33)48-43(46-42)36-13-9-10-14-39(36)45-27-34-24-35(44(3,4)5)21-22-40(34)47;1-43(2,3)34-20-23-39(47)33(24-34)27-45-38-13-9-8-12-36(38)42-46-41-37(31-10-6-5-7-11-31)25-32(26-40(41)48-42)30-16-14-28(15-17-30)29-18-21-35(44-4)22-19-29;1-42(2,3)33-19-22-38(46)32(23-33)26-44-37-12-8-7-11-35(37)41-45-40-36(30-9-5-4-6-10-30)24-31(25-39(40)47-41)29-15-13-27(14-16-29)28-17-20-34(43)21-18-28;;;/h6-11,13-27,47H,1-5H3;5-10,12-27,47H,1-3H3;4-9,11-26,46H,1-3H3;;;/q3*-1;;;. The van der Waals surface area contributed by atoms with Crippen molar-refractivity contribution in [3.8, 4) is 149 Å². The number of aromatic hydroxyl groups is 3.